The maximum atomic E-state index is 12.6. The third-order valence-corrected chi connectivity index (χ3v) is 5.65. The number of anilines is 1. The molecular formula is C21H21N3O4S. The van der Waals surface area contributed by atoms with Gasteiger partial charge in [0.25, 0.3) is 5.89 Å². The highest BCUT2D eigenvalue weighted by Crippen LogP contribution is 2.35. The highest BCUT2D eigenvalue weighted by Gasteiger charge is 2.34. The van der Waals surface area contributed by atoms with Gasteiger partial charge in [-0.25, -0.2) is 0 Å². The molecule has 7 nitrogen and oxygen atoms in total. The number of methoxy groups -OCH3 is 2. The van der Waals surface area contributed by atoms with Crippen molar-refractivity contribution in [1.29, 1.82) is 0 Å². The molecule has 2 aromatic carbocycles. The average molecular weight is 411 g/mol. The molecule has 2 heterocycles. The summed E-state index contributed by atoms with van der Waals surface area (Å²) in [6.07, 6.45) is 2.37. The molecule has 0 N–H and O–H groups in total. The lowest BCUT2D eigenvalue weighted by Crippen LogP contribution is -2.24. The van der Waals surface area contributed by atoms with Gasteiger partial charge >= 0.3 is 0 Å². The number of carbonyl (C=O) groups excluding carboxylic acids is 1. The van der Waals surface area contributed by atoms with Crippen molar-refractivity contribution in [2.45, 2.75) is 17.2 Å². The van der Waals surface area contributed by atoms with Crippen LogP contribution >= 0.6 is 11.8 Å². The molecule has 1 amide bonds. The Morgan fingerprint density at radius 3 is 2.72 bits per heavy atom. The van der Waals surface area contributed by atoms with E-state index >= 15 is 0 Å². The van der Waals surface area contributed by atoms with Crippen LogP contribution in [-0.2, 0) is 4.79 Å². The van der Waals surface area contributed by atoms with Gasteiger partial charge in [0.1, 0.15) is 0 Å². The van der Waals surface area contributed by atoms with Gasteiger partial charge in [0.05, 0.1) is 14.2 Å². The number of aromatic nitrogens is 2. The van der Waals surface area contributed by atoms with Crippen LogP contribution < -0.4 is 14.4 Å². The molecule has 1 fully saturated rings. The molecule has 1 unspecified atom stereocenters. The van der Waals surface area contributed by atoms with Crippen LogP contribution in [0.4, 0.5) is 5.69 Å². The van der Waals surface area contributed by atoms with Gasteiger partial charge in [0.2, 0.25) is 5.91 Å². The number of carbonyl (C=O) groups is 1. The highest BCUT2D eigenvalue weighted by molar-refractivity contribution is 7.98. The topological polar surface area (TPSA) is 77.7 Å². The standard InChI is InChI=1S/C21H21N3O4S/c1-26-17-8-7-13(9-18(17)27-2)21-22-20(23-28-21)14-10-19(25)24(12-14)15-5-4-6-16(11-15)29-3/h4-9,11,14H,10,12H2,1-3H3. The molecular weight excluding hydrogens is 390 g/mol. The van der Waals surface area contributed by atoms with Crippen molar-refractivity contribution in [3.8, 4) is 23.0 Å². The number of benzene rings is 2. The van der Waals surface area contributed by atoms with Gasteiger partial charge in [-0.05, 0) is 42.7 Å². The zero-order valence-corrected chi connectivity index (χ0v) is 17.2. The number of ether oxygens (including phenoxy) is 2. The quantitative estimate of drug-likeness (QED) is 0.568. The third kappa shape index (κ3) is 3.80. The molecule has 1 aliphatic heterocycles. The van der Waals surface area contributed by atoms with Crippen LogP contribution in [0.2, 0.25) is 0 Å². The Bertz CT molecular complexity index is 1040. The first kappa shape index (κ1) is 19.3. The van der Waals surface area contributed by atoms with Gasteiger partial charge in [0, 0.05) is 35.0 Å². The molecule has 3 aromatic rings. The van der Waals surface area contributed by atoms with Crippen LogP contribution in [-0.4, -0.2) is 43.1 Å². The fourth-order valence-electron chi connectivity index (χ4n) is 3.40. The number of nitrogens with zero attached hydrogens (tertiary/aromatic N) is 3. The smallest absolute Gasteiger partial charge is 0.258 e. The van der Waals surface area contributed by atoms with Gasteiger partial charge in [0.15, 0.2) is 17.3 Å². The molecule has 0 radical (unpaired) electrons. The summed E-state index contributed by atoms with van der Waals surface area (Å²) in [4.78, 5) is 20.0. The molecule has 4 rings (SSSR count). The predicted octanol–water partition coefficient (Wildman–Crippen LogP) is 4.00. The first-order valence-electron chi connectivity index (χ1n) is 9.13. The summed E-state index contributed by atoms with van der Waals surface area (Å²) in [6.45, 7) is 0.529. The number of hydrogen-bond donors (Lipinski definition) is 0. The van der Waals surface area contributed by atoms with Crippen LogP contribution in [0.5, 0.6) is 11.5 Å². The molecule has 1 saturated heterocycles. The summed E-state index contributed by atoms with van der Waals surface area (Å²) in [5, 5.41) is 4.13. The van der Waals surface area contributed by atoms with Crippen molar-refractivity contribution in [3.63, 3.8) is 0 Å². The number of amides is 1. The lowest BCUT2D eigenvalue weighted by molar-refractivity contribution is -0.117. The van der Waals surface area contributed by atoms with E-state index in [1.807, 2.05) is 36.6 Å². The highest BCUT2D eigenvalue weighted by atomic mass is 32.2. The monoisotopic (exact) mass is 411 g/mol. The van der Waals surface area contributed by atoms with E-state index < -0.39 is 0 Å². The first-order chi connectivity index (χ1) is 14.1. The second-order valence-electron chi connectivity index (χ2n) is 6.63. The summed E-state index contributed by atoms with van der Waals surface area (Å²) in [5.74, 6) is 2.08. The van der Waals surface area contributed by atoms with E-state index in [0.29, 0.717) is 36.2 Å². The minimum Gasteiger partial charge on any atom is -0.493 e. The summed E-state index contributed by atoms with van der Waals surface area (Å²) < 4.78 is 16.1. The van der Waals surface area contributed by atoms with Crippen molar-refractivity contribution < 1.29 is 18.8 Å². The Morgan fingerprint density at radius 2 is 1.97 bits per heavy atom. The van der Waals surface area contributed by atoms with Crippen molar-refractivity contribution in [3.05, 3.63) is 48.3 Å². The van der Waals surface area contributed by atoms with Gasteiger partial charge in [-0.15, -0.1) is 11.8 Å². The molecule has 8 heteroatoms. The minimum absolute atomic E-state index is 0.0609. The molecule has 1 aromatic heterocycles. The molecule has 0 spiro atoms. The predicted molar refractivity (Wildman–Crippen MR) is 111 cm³/mol. The lowest BCUT2D eigenvalue weighted by Gasteiger charge is -2.16. The van der Waals surface area contributed by atoms with E-state index in [2.05, 4.69) is 10.1 Å². The van der Waals surface area contributed by atoms with E-state index in [-0.39, 0.29) is 11.8 Å². The molecule has 0 bridgehead atoms. The van der Waals surface area contributed by atoms with Gasteiger partial charge < -0.3 is 18.9 Å². The van der Waals surface area contributed by atoms with Crippen molar-refractivity contribution in [2.24, 2.45) is 0 Å². The van der Waals surface area contributed by atoms with Crippen molar-refractivity contribution in [1.82, 2.24) is 10.1 Å². The van der Waals surface area contributed by atoms with E-state index in [9.17, 15) is 4.79 Å². The van der Waals surface area contributed by atoms with E-state index in [0.717, 1.165) is 16.1 Å². The van der Waals surface area contributed by atoms with E-state index in [4.69, 9.17) is 14.0 Å². The Hall–Kier alpha value is -3.00. The maximum absolute atomic E-state index is 12.6. The fourth-order valence-corrected chi connectivity index (χ4v) is 3.85. The van der Waals surface area contributed by atoms with Gasteiger partial charge in [-0.2, -0.15) is 4.98 Å². The summed E-state index contributed by atoms with van der Waals surface area (Å²) in [7, 11) is 3.16. The normalized spacial score (nSPS) is 16.3. The zero-order valence-electron chi connectivity index (χ0n) is 16.4. The zero-order chi connectivity index (χ0) is 20.4. The summed E-state index contributed by atoms with van der Waals surface area (Å²) >= 11 is 1.65. The molecule has 1 atom stereocenters. The van der Waals surface area contributed by atoms with Crippen LogP contribution in [0.1, 0.15) is 18.2 Å². The molecule has 29 heavy (non-hydrogen) atoms. The Balaban J connectivity index is 1.55. The van der Waals surface area contributed by atoms with E-state index in [1.54, 1.807) is 43.0 Å². The van der Waals surface area contributed by atoms with Crippen LogP contribution in [0.15, 0.2) is 51.9 Å². The largest absolute Gasteiger partial charge is 0.493 e. The Labute approximate surface area is 173 Å². The van der Waals surface area contributed by atoms with Crippen molar-refractivity contribution >= 4 is 23.4 Å². The Kier molecular flexibility index (Phi) is 5.44. The fraction of sp³-hybridized carbons (Fsp3) is 0.286. The van der Waals surface area contributed by atoms with Crippen LogP contribution in [0, 0.1) is 0 Å². The SMILES string of the molecule is COc1ccc(-c2nc(C3CC(=O)N(c4cccc(SC)c4)C3)no2)cc1OC. The second-order valence-corrected chi connectivity index (χ2v) is 7.51. The summed E-state index contributed by atoms with van der Waals surface area (Å²) in [6, 6.07) is 13.4. The Morgan fingerprint density at radius 1 is 1.14 bits per heavy atom. The van der Waals surface area contributed by atoms with Crippen LogP contribution in [0.3, 0.4) is 0 Å². The van der Waals surface area contributed by atoms with Crippen molar-refractivity contribution in [2.75, 3.05) is 31.9 Å². The maximum Gasteiger partial charge on any atom is 0.258 e. The molecule has 1 aliphatic rings. The average Bonchev–Trinajstić information content (AvgIpc) is 3.40. The number of thioether (sulfide) groups is 1. The number of hydrogen-bond acceptors (Lipinski definition) is 7. The first-order valence-corrected chi connectivity index (χ1v) is 10.4. The minimum atomic E-state index is -0.113. The number of rotatable bonds is 6. The second kappa shape index (κ2) is 8.16. The summed E-state index contributed by atoms with van der Waals surface area (Å²) in [5.41, 5.74) is 1.63. The molecule has 150 valence electrons. The molecule has 0 aliphatic carbocycles. The van der Waals surface area contributed by atoms with Gasteiger partial charge in [-0.1, -0.05) is 11.2 Å². The van der Waals surface area contributed by atoms with Gasteiger partial charge in [-0.3, -0.25) is 4.79 Å². The molecule has 0 saturated carbocycles. The lowest BCUT2D eigenvalue weighted by atomic mass is 10.1. The van der Waals surface area contributed by atoms with E-state index in [1.165, 1.54) is 0 Å². The van der Waals surface area contributed by atoms with Crippen LogP contribution in [0.25, 0.3) is 11.5 Å². The third-order valence-electron chi connectivity index (χ3n) is 4.93.